The predicted octanol–water partition coefficient (Wildman–Crippen LogP) is 4.86. The number of esters is 1. The minimum atomic E-state index is -0.795. The molecule has 1 unspecified atom stereocenters. The lowest BCUT2D eigenvalue weighted by Gasteiger charge is -2.40. The van der Waals surface area contributed by atoms with E-state index in [1.165, 1.54) is 0 Å². The molecule has 0 aromatic heterocycles. The van der Waals surface area contributed by atoms with E-state index >= 15 is 0 Å². The molecule has 8 heteroatoms. The van der Waals surface area contributed by atoms with E-state index in [4.69, 9.17) is 9.47 Å². The van der Waals surface area contributed by atoms with Crippen LogP contribution in [0.3, 0.4) is 0 Å². The second kappa shape index (κ2) is 14.7. The van der Waals surface area contributed by atoms with Gasteiger partial charge >= 0.3 is 5.97 Å². The van der Waals surface area contributed by atoms with Crippen LogP contribution in [0.4, 0.5) is 0 Å². The quantitative estimate of drug-likeness (QED) is 0.265. The summed E-state index contributed by atoms with van der Waals surface area (Å²) in [6, 6.07) is 6.01. The van der Waals surface area contributed by atoms with Gasteiger partial charge in [0.2, 0.25) is 11.8 Å². The third-order valence-electron chi connectivity index (χ3n) is 7.14. The first-order valence-electron chi connectivity index (χ1n) is 14.2. The number of amides is 2. The Labute approximate surface area is 242 Å². The highest BCUT2D eigenvalue weighted by molar-refractivity contribution is 5.92. The Morgan fingerprint density at radius 1 is 0.975 bits per heavy atom. The van der Waals surface area contributed by atoms with Crippen molar-refractivity contribution in [3.8, 4) is 5.75 Å². The normalized spacial score (nSPS) is 14.9. The van der Waals surface area contributed by atoms with Crippen molar-refractivity contribution in [1.82, 2.24) is 15.5 Å². The number of carbonyl (C=O) groups excluding carboxylic acids is 3. The van der Waals surface area contributed by atoms with E-state index < -0.39 is 28.9 Å². The maximum Gasteiger partial charge on any atom is 0.333 e. The van der Waals surface area contributed by atoms with Gasteiger partial charge in [-0.25, -0.2) is 4.79 Å². The van der Waals surface area contributed by atoms with Crippen molar-refractivity contribution < 1.29 is 23.9 Å². The minimum Gasteiger partial charge on any atom is -0.491 e. The second-order valence-electron chi connectivity index (χ2n) is 12.7. The maximum atomic E-state index is 13.9. The van der Waals surface area contributed by atoms with Gasteiger partial charge in [0.1, 0.15) is 11.8 Å². The molecule has 0 aliphatic rings. The van der Waals surface area contributed by atoms with E-state index in [0.29, 0.717) is 5.57 Å². The number of rotatable bonds is 13. The molecular formula is C32H53N3O5. The molecule has 0 saturated carbocycles. The molecule has 0 radical (unpaired) electrons. The van der Waals surface area contributed by atoms with Crippen molar-refractivity contribution in [2.75, 3.05) is 20.7 Å². The van der Waals surface area contributed by atoms with Gasteiger partial charge in [0.25, 0.3) is 0 Å². The molecule has 0 saturated heterocycles. The summed E-state index contributed by atoms with van der Waals surface area (Å²) in [7, 11) is 3.47. The van der Waals surface area contributed by atoms with Gasteiger partial charge in [0, 0.05) is 18.0 Å². The van der Waals surface area contributed by atoms with E-state index in [0.717, 1.165) is 11.3 Å². The molecule has 8 nitrogen and oxygen atoms in total. The number of hydrogen-bond acceptors (Lipinski definition) is 6. The Bertz CT molecular complexity index is 1020. The summed E-state index contributed by atoms with van der Waals surface area (Å²) in [5.74, 6) is -0.0985. The molecule has 0 aliphatic carbocycles. The number of carbonyl (C=O) groups is 3. The molecule has 0 fully saturated rings. The molecule has 40 heavy (non-hydrogen) atoms. The van der Waals surface area contributed by atoms with E-state index in [1.807, 2.05) is 86.6 Å². The van der Waals surface area contributed by atoms with Crippen LogP contribution in [0, 0.1) is 11.3 Å². The highest BCUT2D eigenvalue weighted by atomic mass is 16.5. The smallest absolute Gasteiger partial charge is 0.333 e. The summed E-state index contributed by atoms with van der Waals surface area (Å²) in [4.78, 5) is 41.6. The summed E-state index contributed by atoms with van der Waals surface area (Å²) >= 11 is 0. The van der Waals surface area contributed by atoms with Gasteiger partial charge in [-0.1, -0.05) is 66.7 Å². The Hall–Kier alpha value is -2.87. The summed E-state index contributed by atoms with van der Waals surface area (Å²) in [6.45, 7) is 21.5. The third kappa shape index (κ3) is 9.36. The van der Waals surface area contributed by atoms with E-state index in [-0.39, 0.29) is 36.5 Å². The van der Waals surface area contributed by atoms with Crippen LogP contribution in [0.5, 0.6) is 5.75 Å². The molecule has 0 bridgehead atoms. The van der Waals surface area contributed by atoms with Crippen LogP contribution in [-0.4, -0.2) is 67.6 Å². The Balaban J connectivity index is 3.29. The third-order valence-corrected chi connectivity index (χ3v) is 7.14. The molecule has 1 aromatic carbocycles. The lowest BCUT2D eigenvalue weighted by Crippen LogP contribution is -2.61. The zero-order chi connectivity index (χ0) is 31.0. The number of nitrogens with zero attached hydrogens (tertiary/aromatic N) is 1. The van der Waals surface area contributed by atoms with Crippen molar-refractivity contribution in [3.63, 3.8) is 0 Å². The number of benzene rings is 1. The Morgan fingerprint density at radius 2 is 1.52 bits per heavy atom. The standard InChI is InChI=1S/C32H53N3O5/c1-14-39-30(38)22(6)19-25(20(2)3)35(13)29(37)27(31(7,8)9)34-28(36)26(33-12)32(10,11)23-15-17-24(18-16-23)40-21(4)5/h15-21,25-27,33H,14H2,1-13H3,(H,34,36)/b22-19+/t25-,26?,27-/m1/s1. The van der Waals surface area contributed by atoms with Crippen LogP contribution < -0.4 is 15.4 Å². The largest absolute Gasteiger partial charge is 0.491 e. The molecule has 226 valence electrons. The van der Waals surface area contributed by atoms with Crippen molar-refractivity contribution in [1.29, 1.82) is 0 Å². The lowest BCUT2D eigenvalue weighted by molar-refractivity contribution is -0.141. The van der Waals surface area contributed by atoms with E-state index in [9.17, 15) is 14.4 Å². The maximum absolute atomic E-state index is 13.9. The summed E-state index contributed by atoms with van der Waals surface area (Å²) < 4.78 is 10.9. The van der Waals surface area contributed by atoms with Gasteiger partial charge < -0.3 is 25.0 Å². The van der Waals surface area contributed by atoms with Crippen LogP contribution in [0.1, 0.15) is 81.7 Å². The van der Waals surface area contributed by atoms with Crippen LogP contribution in [0.2, 0.25) is 0 Å². The molecule has 0 heterocycles. The highest BCUT2D eigenvalue weighted by Crippen LogP contribution is 2.30. The minimum absolute atomic E-state index is 0.0290. The van der Waals surface area contributed by atoms with E-state index in [2.05, 4.69) is 10.6 Å². The van der Waals surface area contributed by atoms with Crippen LogP contribution in [0.15, 0.2) is 35.9 Å². The topological polar surface area (TPSA) is 97.0 Å². The van der Waals surface area contributed by atoms with Gasteiger partial charge in [0.05, 0.1) is 24.8 Å². The fourth-order valence-electron chi connectivity index (χ4n) is 4.77. The van der Waals surface area contributed by atoms with Crippen LogP contribution in [0.25, 0.3) is 0 Å². The Morgan fingerprint density at radius 3 is 1.95 bits per heavy atom. The van der Waals surface area contributed by atoms with Gasteiger partial charge in [-0.2, -0.15) is 0 Å². The van der Waals surface area contributed by atoms with Gasteiger partial charge in [-0.3, -0.25) is 9.59 Å². The van der Waals surface area contributed by atoms with Crippen molar-refractivity contribution >= 4 is 17.8 Å². The molecule has 3 atom stereocenters. The van der Waals surface area contributed by atoms with Crippen molar-refractivity contribution in [3.05, 3.63) is 41.5 Å². The first-order chi connectivity index (χ1) is 18.4. The number of likely N-dealkylation sites (N-methyl/N-ethyl adjacent to an activating group) is 2. The SMILES string of the molecule is CCOC(=O)/C(C)=C/[C@H](C(C)C)N(C)C(=O)[C@@H](NC(=O)C(NC)C(C)(C)c1ccc(OC(C)C)cc1)C(C)(C)C. The van der Waals surface area contributed by atoms with Crippen molar-refractivity contribution in [2.45, 2.75) is 106 Å². The van der Waals surface area contributed by atoms with Crippen LogP contribution in [-0.2, 0) is 24.5 Å². The predicted molar refractivity (Wildman–Crippen MR) is 161 cm³/mol. The lowest BCUT2D eigenvalue weighted by atomic mass is 9.76. The zero-order valence-corrected chi connectivity index (χ0v) is 27.0. The second-order valence-corrected chi connectivity index (χ2v) is 12.7. The van der Waals surface area contributed by atoms with E-state index in [1.54, 1.807) is 38.9 Å². The highest BCUT2D eigenvalue weighted by Gasteiger charge is 2.41. The molecule has 0 spiro atoms. The number of hydrogen-bond donors (Lipinski definition) is 2. The molecule has 0 aliphatic heterocycles. The first kappa shape index (κ1) is 35.2. The zero-order valence-electron chi connectivity index (χ0n) is 27.0. The average Bonchev–Trinajstić information content (AvgIpc) is 2.84. The van der Waals surface area contributed by atoms with Crippen LogP contribution >= 0.6 is 0 Å². The molecule has 1 aromatic rings. The number of nitrogens with one attached hydrogen (secondary N) is 2. The van der Waals surface area contributed by atoms with Gasteiger partial charge in [-0.05, 0) is 63.8 Å². The van der Waals surface area contributed by atoms with Crippen molar-refractivity contribution in [2.24, 2.45) is 11.3 Å². The Kier molecular flexibility index (Phi) is 12.9. The fraction of sp³-hybridized carbons (Fsp3) is 0.656. The first-order valence-corrected chi connectivity index (χ1v) is 14.2. The van der Waals surface area contributed by atoms with Gasteiger partial charge in [0.15, 0.2) is 0 Å². The number of ether oxygens (including phenoxy) is 2. The fourth-order valence-corrected chi connectivity index (χ4v) is 4.77. The molecule has 2 amide bonds. The monoisotopic (exact) mass is 559 g/mol. The molecule has 2 N–H and O–H groups in total. The van der Waals surface area contributed by atoms with Gasteiger partial charge in [-0.15, -0.1) is 0 Å². The summed E-state index contributed by atoms with van der Waals surface area (Å²) in [5.41, 5.74) is 0.249. The molecule has 1 rings (SSSR count). The molecular weight excluding hydrogens is 506 g/mol. The summed E-state index contributed by atoms with van der Waals surface area (Å²) in [5, 5.41) is 6.24. The average molecular weight is 560 g/mol. The summed E-state index contributed by atoms with van der Waals surface area (Å²) in [6.07, 6.45) is 1.84.